The first-order valence-corrected chi connectivity index (χ1v) is 5.41. The minimum Gasteiger partial charge on any atom is -0.461 e. The minimum atomic E-state index is -0.0499. The van der Waals surface area contributed by atoms with Crippen molar-refractivity contribution < 1.29 is 14.6 Å². The summed E-state index contributed by atoms with van der Waals surface area (Å²) < 4.78 is 10.6. The van der Waals surface area contributed by atoms with E-state index in [-0.39, 0.29) is 6.61 Å². The fourth-order valence-corrected chi connectivity index (χ4v) is 1.13. The molecule has 0 bridgehead atoms. The number of aliphatic hydroxyl groups is 1. The monoisotopic (exact) mass is 226 g/mol. The van der Waals surface area contributed by atoms with E-state index in [1.54, 1.807) is 6.20 Å². The summed E-state index contributed by atoms with van der Waals surface area (Å²) in [7, 11) is 0. The van der Waals surface area contributed by atoms with Crippen LogP contribution in [-0.4, -0.2) is 34.9 Å². The van der Waals surface area contributed by atoms with Crippen molar-refractivity contribution in [2.75, 3.05) is 19.8 Å². The van der Waals surface area contributed by atoms with Crippen LogP contribution < -0.4 is 4.74 Å². The molecule has 90 valence electrons. The van der Waals surface area contributed by atoms with Gasteiger partial charge < -0.3 is 14.6 Å². The number of aryl methyl sites for hydroxylation is 1. The third kappa shape index (κ3) is 4.12. The van der Waals surface area contributed by atoms with E-state index < -0.39 is 0 Å². The van der Waals surface area contributed by atoms with Crippen molar-refractivity contribution in [3.8, 4) is 6.01 Å². The van der Waals surface area contributed by atoms with Gasteiger partial charge >= 0.3 is 6.01 Å². The quantitative estimate of drug-likeness (QED) is 0.705. The molecule has 1 heterocycles. The number of rotatable bonds is 7. The van der Waals surface area contributed by atoms with E-state index in [0.717, 1.165) is 24.3 Å². The summed E-state index contributed by atoms with van der Waals surface area (Å²) in [6.45, 7) is 5.54. The molecule has 1 rings (SSSR count). The average Bonchev–Trinajstić information content (AvgIpc) is 2.29. The van der Waals surface area contributed by atoms with Gasteiger partial charge in [-0.1, -0.05) is 6.92 Å². The van der Waals surface area contributed by atoms with Crippen molar-refractivity contribution >= 4 is 0 Å². The number of hydrogen-bond donors (Lipinski definition) is 1. The number of nitrogens with zero attached hydrogens (tertiary/aromatic N) is 2. The summed E-state index contributed by atoms with van der Waals surface area (Å²) >= 11 is 0. The Morgan fingerprint density at radius 1 is 1.31 bits per heavy atom. The minimum absolute atomic E-state index is 0.0499. The van der Waals surface area contributed by atoms with E-state index in [4.69, 9.17) is 14.6 Å². The van der Waals surface area contributed by atoms with Gasteiger partial charge in [0.15, 0.2) is 0 Å². The van der Waals surface area contributed by atoms with Crippen molar-refractivity contribution in [1.29, 1.82) is 0 Å². The highest BCUT2D eigenvalue weighted by molar-refractivity contribution is 5.16. The van der Waals surface area contributed by atoms with Crippen LogP contribution >= 0.6 is 0 Å². The van der Waals surface area contributed by atoms with Crippen molar-refractivity contribution in [3.05, 3.63) is 17.5 Å². The van der Waals surface area contributed by atoms with Crippen molar-refractivity contribution in [3.63, 3.8) is 0 Å². The van der Waals surface area contributed by atoms with Crippen LogP contribution in [0, 0.1) is 6.92 Å². The normalized spacial score (nSPS) is 10.4. The highest BCUT2D eigenvalue weighted by Crippen LogP contribution is 2.08. The fourth-order valence-electron chi connectivity index (χ4n) is 1.13. The summed E-state index contributed by atoms with van der Waals surface area (Å²) in [5.74, 6) is 0. The van der Waals surface area contributed by atoms with Gasteiger partial charge in [-0.3, -0.25) is 0 Å². The summed E-state index contributed by atoms with van der Waals surface area (Å²) in [6, 6.07) is 0.329. The molecule has 16 heavy (non-hydrogen) atoms. The van der Waals surface area contributed by atoms with Gasteiger partial charge in [0.1, 0.15) is 6.61 Å². The first-order valence-electron chi connectivity index (χ1n) is 5.41. The van der Waals surface area contributed by atoms with Gasteiger partial charge in [0, 0.05) is 18.4 Å². The predicted molar refractivity (Wildman–Crippen MR) is 59.3 cm³/mol. The molecule has 0 unspecified atom stereocenters. The third-order valence-electron chi connectivity index (χ3n) is 2.04. The van der Waals surface area contributed by atoms with Gasteiger partial charge in [-0.15, -0.1) is 0 Å². The van der Waals surface area contributed by atoms with Gasteiger partial charge in [-0.2, -0.15) is 0 Å². The maximum Gasteiger partial charge on any atom is 0.316 e. The van der Waals surface area contributed by atoms with Gasteiger partial charge in [0.05, 0.1) is 18.9 Å². The van der Waals surface area contributed by atoms with E-state index in [0.29, 0.717) is 19.2 Å². The topological polar surface area (TPSA) is 64.5 Å². The molecule has 0 aromatic carbocycles. The van der Waals surface area contributed by atoms with Crippen LogP contribution in [0.15, 0.2) is 6.20 Å². The largest absolute Gasteiger partial charge is 0.461 e. The molecule has 0 radical (unpaired) electrons. The summed E-state index contributed by atoms with van der Waals surface area (Å²) in [5, 5.41) is 8.94. The lowest BCUT2D eigenvalue weighted by atomic mass is 10.3. The molecule has 5 heteroatoms. The van der Waals surface area contributed by atoms with Crippen LogP contribution in [-0.2, 0) is 11.3 Å². The van der Waals surface area contributed by atoms with E-state index in [1.807, 2.05) is 6.92 Å². The molecule has 0 atom stereocenters. The first-order chi connectivity index (χ1) is 7.77. The molecule has 0 saturated heterocycles. The molecule has 1 aromatic heterocycles. The molecule has 0 amide bonds. The standard InChI is InChI=1S/C11H18N2O3/c1-3-4-15-5-6-16-11-12-7-10(8-14)9(2)13-11/h7,14H,3-6,8H2,1-2H3. The Labute approximate surface area is 95.4 Å². The Morgan fingerprint density at radius 3 is 2.75 bits per heavy atom. The highest BCUT2D eigenvalue weighted by Gasteiger charge is 2.02. The molecule has 0 aliphatic heterocycles. The molecule has 0 spiro atoms. The number of hydrogen-bond acceptors (Lipinski definition) is 5. The van der Waals surface area contributed by atoms with Crippen molar-refractivity contribution in [1.82, 2.24) is 9.97 Å². The fraction of sp³-hybridized carbons (Fsp3) is 0.636. The van der Waals surface area contributed by atoms with Crippen LogP contribution in [0.1, 0.15) is 24.6 Å². The SMILES string of the molecule is CCCOCCOc1ncc(CO)c(C)n1. The predicted octanol–water partition coefficient (Wildman–Crippen LogP) is 1.08. The Hall–Kier alpha value is -1.20. The van der Waals surface area contributed by atoms with Gasteiger partial charge in [0.25, 0.3) is 0 Å². The smallest absolute Gasteiger partial charge is 0.316 e. The molecular formula is C11H18N2O3. The second kappa shape index (κ2) is 7.14. The lowest BCUT2D eigenvalue weighted by Crippen LogP contribution is -2.09. The molecule has 0 aliphatic rings. The van der Waals surface area contributed by atoms with Crippen LogP contribution in [0.5, 0.6) is 6.01 Å². The Balaban J connectivity index is 2.34. The first kappa shape index (κ1) is 12.9. The summed E-state index contributed by atoms with van der Waals surface area (Å²) in [6.07, 6.45) is 2.57. The maximum absolute atomic E-state index is 8.94. The van der Waals surface area contributed by atoms with Crippen LogP contribution in [0.25, 0.3) is 0 Å². The van der Waals surface area contributed by atoms with E-state index >= 15 is 0 Å². The summed E-state index contributed by atoms with van der Waals surface area (Å²) in [5.41, 5.74) is 1.46. The lowest BCUT2D eigenvalue weighted by Gasteiger charge is -2.06. The zero-order chi connectivity index (χ0) is 11.8. The maximum atomic E-state index is 8.94. The van der Waals surface area contributed by atoms with Crippen LogP contribution in [0.4, 0.5) is 0 Å². The lowest BCUT2D eigenvalue weighted by molar-refractivity contribution is 0.0970. The number of aromatic nitrogens is 2. The third-order valence-corrected chi connectivity index (χ3v) is 2.04. The molecular weight excluding hydrogens is 208 g/mol. The van der Waals surface area contributed by atoms with Gasteiger partial charge in [0.2, 0.25) is 0 Å². The number of aliphatic hydroxyl groups excluding tert-OH is 1. The average molecular weight is 226 g/mol. The highest BCUT2D eigenvalue weighted by atomic mass is 16.5. The molecule has 1 N–H and O–H groups in total. The molecule has 1 aromatic rings. The Kier molecular flexibility index (Phi) is 5.74. The van der Waals surface area contributed by atoms with Crippen molar-refractivity contribution in [2.45, 2.75) is 26.9 Å². The zero-order valence-corrected chi connectivity index (χ0v) is 9.77. The molecule has 0 saturated carbocycles. The molecule has 0 fully saturated rings. The van der Waals surface area contributed by atoms with Gasteiger partial charge in [-0.05, 0) is 13.3 Å². The second-order valence-electron chi connectivity index (χ2n) is 3.38. The van der Waals surface area contributed by atoms with Crippen LogP contribution in [0.3, 0.4) is 0 Å². The summed E-state index contributed by atoms with van der Waals surface area (Å²) in [4.78, 5) is 8.09. The van der Waals surface area contributed by atoms with Crippen molar-refractivity contribution in [2.24, 2.45) is 0 Å². The molecule has 0 aliphatic carbocycles. The van der Waals surface area contributed by atoms with E-state index in [2.05, 4.69) is 16.9 Å². The molecule has 5 nitrogen and oxygen atoms in total. The second-order valence-corrected chi connectivity index (χ2v) is 3.38. The Bertz CT molecular complexity index is 318. The number of ether oxygens (including phenoxy) is 2. The van der Waals surface area contributed by atoms with Crippen LogP contribution in [0.2, 0.25) is 0 Å². The van der Waals surface area contributed by atoms with Gasteiger partial charge in [-0.25, -0.2) is 9.97 Å². The van der Waals surface area contributed by atoms with E-state index in [9.17, 15) is 0 Å². The zero-order valence-electron chi connectivity index (χ0n) is 9.77. The van der Waals surface area contributed by atoms with E-state index in [1.165, 1.54) is 0 Å². The Morgan fingerprint density at radius 2 is 2.12 bits per heavy atom.